The van der Waals surface area contributed by atoms with E-state index in [0.717, 1.165) is 0 Å². The van der Waals surface area contributed by atoms with Crippen LogP contribution in [-0.2, 0) is 19.6 Å². The van der Waals surface area contributed by atoms with Crippen LogP contribution in [0.3, 0.4) is 0 Å². The zero-order chi connectivity index (χ0) is 18.1. The van der Waals surface area contributed by atoms with Crippen LogP contribution in [0.4, 0.5) is 0 Å². The van der Waals surface area contributed by atoms with Crippen LogP contribution in [0.15, 0.2) is 29.2 Å². The van der Waals surface area contributed by atoms with Crippen molar-refractivity contribution in [2.45, 2.75) is 36.8 Å². The Morgan fingerprint density at radius 2 is 1.84 bits per heavy atom. The maximum Gasteiger partial charge on any atom is 0.245 e. The summed E-state index contributed by atoms with van der Waals surface area (Å²) in [4.78, 5) is 13.9. The van der Waals surface area contributed by atoms with Crippen molar-refractivity contribution in [3.63, 3.8) is 0 Å². The van der Waals surface area contributed by atoms with E-state index < -0.39 is 15.7 Å². The first-order valence-electron chi connectivity index (χ1n) is 8.51. The Morgan fingerprint density at radius 1 is 1.20 bits per heavy atom. The second kappa shape index (κ2) is 6.93. The fourth-order valence-electron chi connectivity index (χ4n) is 3.53. The molecule has 0 saturated carbocycles. The van der Waals surface area contributed by atoms with Gasteiger partial charge in [-0.1, -0.05) is 6.92 Å². The van der Waals surface area contributed by atoms with Crippen LogP contribution in [0.5, 0.6) is 5.75 Å². The largest absolute Gasteiger partial charge is 0.497 e. The fraction of sp³-hybridized carbons (Fsp3) is 0.588. The number of hydrogen-bond donors (Lipinski definition) is 0. The number of hydrogen-bond acceptors (Lipinski definition) is 5. The number of carbonyl (C=O) groups excluding carboxylic acids is 1. The quantitative estimate of drug-likeness (QED) is 0.804. The number of nitrogens with zero attached hydrogens (tertiary/aromatic N) is 2. The zero-order valence-electron chi connectivity index (χ0n) is 14.6. The average molecular weight is 368 g/mol. The molecule has 1 aromatic carbocycles. The highest BCUT2D eigenvalue weighted by atomic mass is 32.2. The Kier molecular flexibility index (Phi) is 5.04. The molecule has 0 aliphatic carbocycles. The molecule has 1 aromatic rings. The SMILES string of the molecule is CCC(=O)N1CCC2(CC1)OCCN2S(=O)(=O)c1ccc(OC)cc1. The Morgan fingerprint density at radius 3 is 2.40 bits per heavy atom. The van der Waals surface area contributed by atoms with Crippen molar-refractivity contribution in [1.82, 2.24) is 9.21 Å². The van der Waals surface area contributed by atoms with Crippen molar-refractivity contribution in [1.29, 1.82) is 0 Å². The maximum absolute atomic E-state index is 13.1. The minimum Gasteiger partial charge on any atom is -0.497 e. The second-order valence-corrected chi connectivity index (χ2v) is 8.14. The molecule has 2 saturated heterocycles. The van der Waals surface area contributed by atoms with E-state index in [1.807, 2.05) is 6.92 Å². The van der Waals surface area contributed by atoms with Gasteiger partial charge in [-0.25, -0.2) is 8.42 Å². The molecule has 0 unspecified atom stereocenters. The number of benzene rings is 1. The summed E-state index contributed by atoms with van der Waals surface area (Å²) in [5.74, 6) is 0.704. The van der Waals surface area contributed by atoms with Crippen LogP contribution >= 0.6 is 0 Å². The maximum atomic E-state index is 13.1. The van der Waals surface area contributed by atoms with Crippen LogP contribution < -0.4 is 4.74 Å². The number of piperidine rings is 1. The van der Waals surface area contributed by atoms with Gasteiger partial charge in [0, 0.05) is 38.9 Å². The molecular formula is C17H24N2O5S. The van der Waals surface area contributed by atoms with Gasteiger partial charge in [0.05, 0.1) is 18.6 Å². The molecule has 1 amide bonds. The van der Waals surface area contributed by atoms with Crippen molar-refractivity contribution in [2.75, 3.05) is 33.4 Å². The Labute approximate surface area is 148 Å². The molecule has 3 rings (SSSR count). The lowest BCUT2D eigenvalue weighted by molar-refractivity contribution is -0.139. The van der Waals surface area contributed by atoms with Gasteiger partial charge < -0.3 is 14.4 Å². The number of amides is 1. The molecule has 2 heterocycles. The van der Waals surface area contributed by atoms with Crippen molar-refractivity contribution in [2.24, 2.45) is 0 Å². The molecule has 0 N–H and O–H groups in total. The molecule has 25 heavy (non-hydrogen) atoms. The van der Waals surface area contributed by atoms with Gasteiger partial charge in [-0.3, -0.25) is 4.79 Å². The van der Waals surface area contributed by atoms with Crippen LogP contribution in [0, 0.1) is 0 Å². The lowest BCUT2D eigenvalue weighted by Crippen LogP contribution is -2.55. The molecule has 2 fully saturated rings. The van der Waals surface area contributed by atoms with E-state index in [4.69, 9.17) is 9.47 Å². The van der Waals surface area contributed by atoms with Gasteiger partial charge in [-0.15, -0.1) is 0 Å². The van der Waals surface area contributed by atoms with E-state index in [-0.39, 0.29) is 10.8 Å². The predicted octanol–water partition coefficient (Wildman–Crippen LogP) is 1.44. The molecule has 7 nitrogen and oxygen atoms in total. The second-order valence-electron chi connectivity index (χ2n) is 6.28. The summed E-state index contributed by atoms with van der Waals surface area (Å²) in [5, 5.41) is 0. The van der Waals surface area contributed by atoms with Gasteiger partial charge in [0.2, 0.25) is 15.9 Å². The normalized spacial score (nSPS) is 20.8. The molecule has 138 valence electrons. The van der Waals surface area contributed by atoms with E-state index in [2.05, 4.69) is 0 Å². The summed E-state index contributed by atoms with van der Waals surface area (Å²) in [6, 6.07) is 6.38. The monoisotopic (exact) mass is 368 g/mol. The minimum absolute atomic E-state index is 0.0948. The Bertz CT molecular complexity index is 724. The first-order valence-corrected chi connectivity index (χ1v) is 9.95. The van der Waals surface area contributed by atoms with Crippen LogP contribution in [0.25, 0.3) is 0 Å². The van der Waals surface area contributed by atoms with Crippen molar-refractivity contribution < 1.29 is 22.7 Å². The number of sulfonamides is 1. The highest BCUT2D eigenvalue weighted by molar-refractivity contribution is 7.89. The van der Waals surface area contributed by atoms with Gasteiger partial charge in [0.1, 0.15) is 11.5 Å². The highest BCUT2D eigenvalue weighted by Gasteiger charge is 2.50. The smallest absolute Gasteiger partial charge is 0.245 e. The molecule has 0 aromatic heterocycles. The third kappa shape index (κ3) is 3.26. The van der Waals surface area contributed by atoms with Gasteiger partial charge in [-0.2, -0.15) is 4.31 Å². The number of carbonyl (C=O) groups is 1. The van der Waals surface area contributed by atoms with Crippen LogP contribution in [0.2, 0.25) is 0 Å². The van der Waals surface area contributed by atoms with Gasteiger partial charge >= 0.3 is 0 Å². The van der Waals surface area contributed by atoms with Crippen molar-refractivity contribution >= 4 is 15.9 Å². The van der Waals surface area contributed by atoms with E-state index in [1.54, 1.807) is 29.2 Å². The first-order chi connectivity index (χ1) is 11.9. The number of ether oxygens (including phenoxy) is 2. The summed E-state index contributed by atoms with van der Waals surface area (Å²) in [7, 11) is -2.13. The van der Waals surface area contributed by atoms with E-state index >= 15 is 0 Å². The van der Waals surface area contributed by atoms with Gasteiger partial charge in [-0.05, 0) is 24.3 Å². The number of rotatable bonds is 4. The zero-order valence-corrected chi connectivity index (χ0v) is 15.4. The third-order valence-corrected chi connectivity index (χ3v) is 6.93. The molecule has 2 aliphatic rings. The minimum atomic E-state index is -3.67. The first kappa shape index (κ1) is 18.2. The van der Waals surface area contributed by atoms with Gasteiger partial charge in [0.25, 0.3) is 0 Å². The van der Waals surface area contributed by atoms with Crippen molar-refractivity contribution in [3.8, 4) is 5.75 Å². The lowest BCUT2D eigenvalue weighted by atomic mass is 10.0. The average Bonchev–Trinajstić information content (AvgIpc) is 3.05. The standard InChI is InChI=1S/C17H24N2O5S/c1-3-16(20)18-10-8-17(9-11-18)19(12-13-24-17)25(21,22)15-6-4-14(23-2)5-7-15/h4-7H,3,8-13H2,1-2H3. The summed E-state index contributed by atoms with van der Waals surface area (Å²) >= 11 is 0. The Balaban J connectivity index is 1.82. The molecule has 8 heteroatoms. The number of likely N-dealkylation sites (tertiary alicyclic amines) is 1. The topological polar surface area (TPSA) is 76.2 Å². The van der Waals surface area contributed by atoms with Crippen molar-refractivity contribution in [3.05, 3.63) is 24.3 Å². The lowest BCUT2D eigenvalue weighted by Gasteiger charge is -2.42. The Hall–Kier alpha value is -1.64. The number of methoxy groups -OCH3 is 1. The summed E-state index contributed by atoms with van der Waals surface area (Å²) in [6.07, 6.45) is 1.45. The summed E-state index contributed by atoms with van der Waals surface area (Å²) < 4.78 is 38.7. The molecule has 1 spiro atoms. The van der Waals surface area contributed by atoms with Crippen LogP contribution in [0.1, 0.15) is 26.2 Å². The summed E-state index contributed by atoms with van der Waals surface area (Å²) in [6.45, 7) is 3.56. The molecular weight excluding hydrogens is 344 g/mol. The molecule has 0 atom stereocenters. The fourth-order valence-corrected chi connectivity index (χ4v) is 5.25. The van der Waals surface area contributed by atoms with E-state index in [9.17, 15) is 13.2 Å². The molecule has 2 aliphatic heterocycles. The molecule has 0 bridgehead atoms. The van der Waals surface area contributed by atoms with Gasteiger partial charge in [0.15, 0.2) is 0 Å². The third-order valence-electron chi connectivity index (χ3n) is 4.97. The van der Waals surface area contributed by atoms with E-state index in [0.29, 0.717) is 51.3 Å². The van der Waals surface area contributed by atoms with E-state index in [1.165, 1.54) is 11.4 Å². The summed E-state index contributed by atoms with van der Waals surface area (Å²) in [5.41, 5.74) is -0.844. The predicted molar refractivity (Wildman–Crippen MR) is 91.7 cm³/mol. The highest BCUT2D eigenvalue weighted by Crippen LogP contribution is 2.38. The van der Waals surface area contributed by atoms with Crippen LogP contribution in [-0.4, -0.2) is 62.6 Å². The molecule has 0 radical (unpaired) electrons.